The number of para-hydroxylation sites is 1. The lowest BCUT2D eigenvalue weighted by Gasteiger charge is -2.64. The second-order valence-electron chi connectivity index (χ2n) is 16.6. The summed E-state index contributed by atoms with van der Waals surface area (Å²) in [7, 11) is 0. The summed E-state index contributed by atoms with van der Waals surface area (Å²) in [5.41, 5.74) is 12.6. The number of hydrogen-bond donors (Lipinski definition) is 0. The van der Waals surface area contributed by atoms with Crippen molar-refractivity contribution in [3.8, 4) is 11.1 Å². The fourth-order valence-corrected chi connectivity index (χ4v) is 13.1. The Morgan fingerprint density at radius 2 is 1.14 bits per heavy atom. The fraction of sp³-hybridized carbons (Fsp3) is 0.265. The van der Waals surface area contributed by atoms with Gasteiger partial charge in [0.1, 0.15) is 0 Å². The van der Waals surface area contributed by atoms with Gasteiger partial charge in [-0.2, -0.15) is 0 Å². The topological polar surface area (TPSA) is 3.24 Å². The molecule has 1 spiro atoms. The maximum absolute atomic E-state index is 2.59. The van der Waals surface area contributed by atoms with Crippen LogP contribution in [0.4, 0.5) is 17.1 Å². The number of anilines is 3. The Kier molecular flexibility index (Phi) is 6.43. The molecule has 0 radical (unpaired) electrons. The summed E-state index contributed by atoms with van der Waals surface area (Å²) in [6.07, 6.45) is 7.08. The first-order valence-corrected chi connectivity index (χ1v) is 19.9. The molecule has 250 valence electrons. The smallest absolute Gasteiger partial charge is 0.0467 e. The predicted octanol–water partition coefficient (Wildman–Crippen LogP) is 13.6. The maximum Gasteiger partial charge on any atom is 0.0467 e. The van der Waals surface area contributed by atoms with Gasteiger partial charge in [0.25, 0.3) is 0 Å². The molecule has 0 aliphatic heterocycles. The highest BCUT2D eigenvalue weighted by atomic mass is 32.1. The Hall–Kier alpha value is -4.66. The molecule has 1 aromatic heterocycles. The second kappa shape index (κ2) is 10.9. The summed E-state index contributed by atoms with van der Waals surface area (Å²) in [6, 6.07) is 53.1. The highest BCUT2D eigenvalue weighted by Crippen LogP contribution is 2.68. The Morgan fingerprint density at radius 3 is 1.94 bits per heavy atom. The minimum Gasteiger partial charge on any atom is -0.310 e. The van der Waals surface area contributed by atoms with Crippen LogP contribution in [0.25, 0.3) is 31.3 Å². The molecular formula is C49H43NS. The third kappa shape index (κ3) is 4.20. The van der Waals surface area contributed by atoms with Gasteiger partial charge < -0.3 is 4.90 Å². The molecule has 5 aliphatic rings. The standard InChI is InChI=1S/C49H43NS/c1-48(2)42-19-7-8-20-43(42)49(34-25-31-24-32(27-34)28-35(49)26-31)44-23-22-38(30-45(44)48)50(36-13-4-3-5-14-36)37-15-10-12-33(29-37)39-17-11-18-41-40-16-6-9-21-46(40)51-47(39)41/h3-23,29-32,34-35H,24-28H2,1-2H3. The number of nitrogens with zero attached hydrogens (tertiary/aromatic N) is 1. The quantitative estimate of drug-likeness (QED) is 0.179. The molecule has 7 aromatic rings. The van der Waals surface area contributed by atoms with Crippen LogP contribution in [0.2, 0.25) is 0 Å². The van der Waals surface area contributed by atoms with Gasteiger partial charge >= 0.3 is 0 Å². The van der Waals surface area contributed by atoms with Crippen molar-refractivity contribution in [3.63, 3.8) is 0 Å². The largest absolute Gasteiger partial charge is 0.310 e. The van der Waals surface area contributed by atoms with Crippen LogP contribution >= 0.6 is 11.3 Å². The zero-order chi connectivity index (χ0) is 33.9. The van der Waals surface area contributed by atoms with E-state index in [0.717, 1.165) is 23.7 Å². The van der Waals surface area contributed by atoms with Gasteiger partial charge in [0, 0.05) is 48.1 Å². The molecule has 0 saturated heterocycles. The molecule has 1 nitrogen and oxygen atoms in total. The van der Waals surface area contributed by atoms with Crippen molar-refractivity contribution in [2.75, 3.05) is 4.90 Å². The molecular weight excluding hydrogens is 635 g/mol. The minimum atomic E-state index is -0.0944. The van der Waals surface area contributed by atoms with Crippen molar-refractivity contribution in [1.29, 1.82) is 0 Å². The van der Waals surface area contributed by atoms with Crippen LogP contribution in [0, 0.1) is 23.7 Å². The van der Waals surface area contributed by atoms with Gasteiger partial charge in [-0.1, -0.05) is 111 Å². The van der Waals surface area contributed by atoms with Gasteiger partial charge in [0.2, 0.25) is 0 Å². The lowest BCUT2D eigenvalue weighted by molar-refractivity contribution is -0.0443. The number of rotatable bonds is 4. The molecule has 1 heterocycles. The molecule has 0 atom stereocenters. The number of thiophene rings is 1. The van der Waals surface area contributed by atoms with E-state index < -0.39 is 0 Å². The molecule has 5 aliphatic carbocycles. The summed E-state index contributed by atoms with van der Waals surface area (Å²) in [4.78, 5) is 2.50. The first-order chi connectivity index (χ1) is 25.0. The summed E-state index contributed by atoms with van der Waals surface area (Å²) in [5, 5.41) is 2.69. The Labute approximate surface area is 305 Å². The zero-order valence-corrected chi connectivity index (χ0v) is 30.3. The molecule has 0 N–H and O–H groups in total. The van der Waals surface area contributed by atoms with E-state index >= 15 is 0 Å². The van der Waals surface area contributed by atoms with Crippen molar-refractivity contribution in [3.05, 3.63) is 162 Å². The van der Waals surface area contributed by atoms with E-state index in [1.54, 1.807) is 16.7 Å². The molecule has 51 heavy (non-hydrogen) atoms. The molecule has 2 heteroatoms. The summed E-state index contributed by atoms with van der Waals surface area (Å²) in [5.74, 6) is 3.35. The van der Waals surface area contributed by atoms with Gasteiger partial charge in [-0.3, -0.25) is 0 Å². The number of hydrogen-bond acceptors (Lipinski definition) is 2. The summed E-state index contributed by atoms with van der Waals surface area (Å²) in [6.45, 7) is 4.97. The third-order valence-electron chi connectivity index (χ3n) is 13.7. The second-order valence-corrected chi connectivity index (χ2v) is 17.6. The normalized spacial score (nSPS) is 25.3. The van der Waals surface area contributed by atoms with Crippen molar-refractivity contribution in [2.24, 2.45) is 23.7 Å². The van der Waals surface area contributed by atoms with E-state index in [2.05, 4.69) is 158 Å². The van der Waals surface area contributed by atoms with E-state index in [0.29, 0.717) is 0 Å². The van der Waals surface area contributed by atoms with Gasteiger partial charge in [0.15, 0.2) is 0 Å². The average molecular weight is 678 g/mol. The predicted molar refractivity (Wildman–Crippen MR) is 216 cm³/mol. The molecule has 6 aromatic carbocycles. The van der Waals surface area contributed by atoms with Crippen LogP contribution in [0.3, 0.4) is 0 Å². The number of fused-ring (bicyclic) bond motifs is 5. The van der Waals surface area contributed by atoms with Crippen molar-refractivity contribution in [1.82, 2.24) is 0 Å². The third-order valence-corrected chi connectivity index (χ3v) is 14.9. The van der Waals surface area contributed by atoms with Crippen molar-refractivity contribution >= 4 is 48.6 Å². The SMILES string of the molecule is CC1(C)c2ccccc2C2(c3ccc(N(c4ccccc4)c4cccc(-c5cccc6c5sc5ccccc56)c4)cc31)C1CC3CC(C1)CC2C3. The van der Waals surface area contributed by atoms with Crippen LogP contribution in [0.5, 0.6) is 0 Å². The van der Waals surface area contributed by atoms with Crippen molar-refractivity contribution in [2.45, 2.75) is 56.8 Å². The average Bonchev–Trinajstić information content (AvgIpc) is 3.55. The van der Waals surface area contributed by atoms with E-state index in [9.17, 15) is 0 Å². The van der Waals surface area contributed by atoms with Gasteiger partial charge in [-0.25, -0.2) is 0 Å². The highest BCUT2D eigenvalue weighted by molar-refractivity contribution is 7.26. The Balaban J connectivity index is 1.10. The summed E-state index contributed by atoms with van der Waals surface area (Å²) < 4.78 is 2.70. The molecule has 4 bridgehead atoms. The Morgan fingerprint density at radius 1 is 0.510 bits per heavy atom. The highest BCUT2D eigenvalue weighted by Gasteiger charge is 2.62. The van der Waals surface area contributed by atoms with E-state index in [4.69, 9.17) is 0 Å². The minimum absolute atomic E-state index is 0.0944. The lowest BCUT2D eigenvalue weighted by atomic mass is 9.39. The first kappa shape index (κ1) is 30.0. The van der Waals surface area contributed by atoms with Crippen LogP contribution in [-0.4, -0.2) is 0 Å². The fourth-order valence-electron chi connectivity index (χ4n) is 11.8. The molecule has 0 unspecified atom stereocenters. The van der Waals surface area contributed by atoms with Gasteiger partial charge in [0.05, 0.1) is 0 Å². The number of benzene rings is 6. The van der Waals surface area contributed by atoms with Crippen LogP contribution in [-0.2, 0) is 10.8 Å². The van der Waals surface area contributed by atoms with Gasteiger partial charge in [-0.05, 0) is 132 Å². The molecule has 4 fully saturated rings. The first-order valence-electron chi connectivity index (χ1n) is 19.1. The van der Waals surface area contributed by atoms with Crippen LogP contribution < -0.4 is 4.90 Å². The molecule has 0 amide bonds. The van der Waals surface area contributed by atoms with E-state index in [1.807, 2.05) is 11.3 Å². The Bertz CT molecular complexity index is 2460. The van der Waals surface area contributed by atoms with Crippen LogP contribution in [0.1, 0.15) is 68.2 Å². The monoisotopic (exact) mass is 677 g/mol. The molecule has 4 saturated carbocycles. The summed E-state index contributed by atoms with van der Waals surface area (Å²) >= 11 is 1.91. The molecule has 12 rings (SSSR count). The van der Waals surface area contributed by atoms with E-state index in [1.165, 1.54) is 86.0 Å². The lowest BCUT2D eigenvalue weighted by Crippen LogP contribution is -2.58. The van der Waals surface area contributed by atoms with Crippen molar-refractivity contribution < 1.29 is 0 Å². The van der Waals surface area contributed by atoms with Crippen LogP contribution in [0.15, 0.2) is 140 Å². The van der Waals surface area contributed by atoms with Gasteiger partial charge in [-0.15, -0.1) is 11.3 Å². The zero-order valence-electron chi connectivity index (χ0n) is 29.5. The maximum atomic E-state index is 2.59. The van der Waals surface area contributed by atoms with E-state index in [-0.39, 0.29) is 10.8 Å².